The molecule has 3 N–H and O–H groups in total. The molecule has 0 fully saturated rings. The first-order valence-corrected chi connectivity index (χ1v) is 7.56. The van der Waals surface area contributed by atoms with Gasteiger partial charge in [-0.25, -0.2) is 9.37 Å². The molecule has 0 bridgehead atoms. The van der Waals surface area contributed by atoms with Crippen LogP contribution in [0.4, 0.5) is 15.2 Å². The van der Waals surface area contributed by atoms with E-state index in [1.165, 1.54) is 29.5 Å². The number of halogens is 2. The zero-order valence-electron chi connectivity index (χ0n) is 10.6. The molecule has 21 heavy (non-hydrogen) atoms. The van der Waals surface area contributed by atoms with Crippen LogP contribution in [0.15, 0.2) is 40.9 Å². The van der Waals surface area contributed by atoms with E-state index in [0.29, 0.717) is 20.9 Å². The highest BCUT2D eigenvalue weighted by atomic mass is 79.9. The number of thiazole rings is 1. The van der Waals surface area contributed by atoms with E-state index in [1.54, 1.807) is 18.2 Å². The van der Waals surface area contributed by atoms with Crippen molar-refractivity contribution in [1.29, 1.82) is 0 Å². The number of nitrogen functional groups attached to an aromatic ring is 1. The molecule has 3 rings (SSSR count). The van der Waals surface area contributed by atoms with E-state index >= 15 is 0 Å². The average Bonchev–Trinajstić information content (AvgIpc) is 2.80. The molecule has 0 aliphatic heterocycles. The van der Waals surface area contributed by atoms with Crippen molar-refractivity contribution < 1.29 is 9.18 Å². The molecule has 0 radical (unpaired) electrons. The number of nitrogens with one attached hydrogen (secondary N) is 1. The number of anilines is 2. The van der Waals surface area contributed by atoms with E-state index in [9.17, 15) is 9.18 Å². The Kier molecular flexibility index (Phi) is 3.60. The fraction of sp³-hybridized carbons (Fsp3) is 0. The summed E-state index contributed by atoms with van der Waals surface area (Å²) >= 11 is 4.53. The summed E-state index contributed by atoms with van der Waals surface area (Å²) in [6.45, 7) is 0. The third-order valence-electron chi connectivity index (χ3n) is 2.85. The topological polar surface area (TPSA) is 68.0 Å². The van der Waals surface area contributed by atoms with Crippen LogP contribution < -0.4 is 11.1 Å². The monoisotopic (exact) mass is 365 g/mol. The summed E-state index contributed by atoms with van der Waals surface area (Å²) in [5.74, 6) is -0.655. The van der Waals surface area contributed by atoms with Crippen molar-refractivity contribution in [3.8, 4) is 0 Å². The lowest BCUT2D eigenvalue weighted by atomic mass is 10.2. The normalized spacial score (nSPS) is 10.8. The zero-order valence-corrected chi connectivity index (χ0v) is 13.0. The number of benzene rings is 2. The van der Waals surface area contributed by atoms with Crippen LogP contribution in [0.5, 0.6) is 0 Å². The van der Waals surface area contributed by atoms with Gasteiger partial charge in [0.2, 0.25) is 0 Å². The second kappa shape index (κ2) is 5.42. The number of carbonyl (C=O) groups is 1. The van der Waals surface area contributed by atoms with E-state index in [4.69, 9.17) is 5.73 Å². The fourth-order valence-corrected chi connectivity index (χ4v) is 3.09. The van der Waals surface area contributed by atoms with E-state index in [1.807, 2.05) is 0 Å². The van der Waals surface area contributed by atoms with Crippen LogP contribution in [0.1, 0.15) is 10.4 Å². The zero-order chi connectivity index (χ0) is 15.0. The van der Waals surface area contributed by atoms with Crippen LogP contribution in [0.3, 0.4) is 0 Å². The summed E-state index contributed by atoms with van der Waals surface area (Å²) in [6.07, 6.45) is 0. The Morgan fingerprint density at radius 1 is 1.29 bits per heavy atom. The molecule has 7 heteroatoms. The smallest absolute Gasteiger partial charge is 0.255 e. The Labute approximate surface area is 131 Å². The summed E-state index contributed by atoms with van der Waals surface area (Å²) in [7, 11) is 0. The minimum absolute atomic E-state index is 0.281. The molecule has 0 saturated carbocycles. The molecule has 2 aromatic carbocycles. The van der Waals surface area contributed by atoms with Crippen LogP contribution in [-0.4, -0.2) is 10.9 Å². The maximum Gasteiger partial charge on any atom is 0.255 e. The van der Waals surface area contributed by atoms with Crippen LogP contribution >= 0.6 is 27.3 Å². The lowest BCUT2D eigenvalue weighted by Gasteiger charge is -2.07. The maximum atomic E-state index is 13.0. The van der Waals surface area contributed by atoms with Gasteiger partial charge in [-0.05, 0) is 52.3 Å². The van der Waals surface area contributed by atoms with Gasteiger partial charge in [0, 0.05) is 10.0 Å². The molecule has 0 saturated heterocycles. The molecule has 1 aromatic heterocycles. The summed E-state index contributed by atoms with van der Waals surface area (Å²) in [5, 5.41) is 3.19. The fourth-order valence-electron chi connectivity index (χ4n) is 1.87. The van der Waals surface area contributed by atoms with Crippen molar-refractivity contribution in [2.24, 2.45) is 0 Å². The third-order valence-corrected chi connectivity index (χ3v) is 4.35. The highest BCUT2D eigenvalue weighted by molar-refractivity contribution is 9.10. The Hall–Kier alpha value is -1.99. The summed E-state index contributed by atoms with van der Waals surface area (Å²) in [6, 6.07) is 9.23. The molecular formula is C14H9BrFN3OS. The molecule has 0 spiro atoms. The van der Waals surface area contributed by atoms with Gasteiger partial charge < -0.3 is 11.1 Å². The van der Waals surface area contributed by atoms with Crippen molar-refractivity contribution in [2.45, 2.75) is 0 Å². The Bertz CT molecular complexity index is 849. The SMILES string of the molecule is Nc1nc2ccc(C(=O)Nc3ccc(F)cc3Br)cc2s1. The summed E-state index contributed by atoms with van der Waals surface area (Å²) in [5.41, 5.74) is 7.39. The molecule has 0 unspecified atom stereocenters. The first-order valence-electron chi connectivity index (χ1n) is 5.95. The van der Waals surface area contributed by atoms with Crippen LogP contribution in [-0.2, 0) is 0 Å². The number of carbonyl (C=O) groups excluding carboxylic acids is 1. The van der Waals surface area contributed by atoms with Gasteiger partial charge in [0.05, 0.1) is 15.9 Å². The quantitative estimate of drug-likeness (QED) is 0.720. The van der Waals surface area contributed by atoms with Gasteiger partial charge in [-0.15, -0.1) is 0 Å². The predicted molar refractivity (Wildman–Crippen MR) is 86.1 cm³/mol. The molecule has 1 heterocycles. The lowest BCUT2D eigenvalue weighted by Crippen LogP contribution is -2.12. The predicted octanol–water partition coefficient (Wildman–Crippen LogP) is 4.03. The van der Waals surface area contributed by atoms with E-state index < -0.39 is 0 Å². The molecule has 0 aliphatic rings. The van der Waals surface area contributed by atoms with Gasteiger partial charge in [0.15, 0.2) is 5.13 Å². The van der Waals surface area contributed by atoms with Gasteiger partial charge in [0.25, 0.3) is 5.91 Å². The van der Waals surface area contributed by atoms with Crippen molar-refractivity contribution in [2.75, 3.05) is 11.1 Å². The van der Waals surface area contributed by atoms with E-state index in [-0.39, 0.29) is 11.7 Å². The minimum atomic E-state index is -0.374. The number of rotatable bonds is 2. The number of fused-ring (bicyclic) bond motifs is 1. The molecular weight excluding hydrogens is 357 g/mol. The molecule has 0 aliphatic carbocycles. The third kappa shape index (κ3) is 2.88. The highest BCUT2D eigenvalue weighted by Gasteiger charge is 2.11. The number of aromatic nitrogens is 1. The molecule has 4 nitrogen and oxygen atoms in total. The van der Waals surface area contributed by atoms with Crippen LogP contribution in [0.2, 0.25) is 0 Å². The summed E-state index contributed by atoms with van der Waals surface area (Å²) in [4.78, 5) is 16.4. The van der Waals surface area contributed by atoms with E-state index in [2.05, 4.69) is 26.2 Å². The average molecular weight is 366 g/mol. The Morgan fingerprint density at radius 3 is 2.86 bits per heavy atom. The van der Waals surface area contributed by atoms with Crippen molar-refractivity contribution in [3.63, 3.8) is 0 Å². The van der Waals surface area contributed by atoms with Gasteiger partial charge in [-0.2, -0.15) is 0 Å². The number of hydrogen-bond donors (Lipinski definition) is 2. The maximum absolute atomic E-state index is 13.0. The van der Waals surface area contributed by atoms with Gasteiger partial charge in [0.1, 0.15) is 5.82 Å². The van der Waals surface area contributed by atoms with Crippen molar-refractivity contribution >= 4 is 54.2 Å². The first-order chi connectivity index (χ1) is 10.0. The van der Waals surface area contributed by atoms with Crippen LogP contribution in [0.25, 0.3) is 10.2 Å². The number of nitrogens with zero attached hydrogens (tertiary/aromatic N) is 1. The lowest BCUT2D eigenvalue weighted by molar-refractivity contribution is 0.102. The Balaban J connectivity index is 1.89. The summed E-state index contributed by atoms with van der Waals surface area (Å²) < 4.78 is 14.4. The van der Waals surface area contributed by atoms with Gasteiger partial charge in [-0.3, -0.25) is 4.79 Å². The van der Waals surface area contributed by atoms with Crippen LogP contribution in [0, 0.1) is 5.82 Å². The molecule has 106 valence electrons. The highest BCUT2D eigenvalue weighted by Crippen LogP contribution is 2.26. The molecule has 3 aromatic rings. The first kappa shape index (κ1) is 14.0. The van der Waals surface area contributed by atoms with E-state index in [0.717, 1.165) is 10.2 Å². The molecule has 1 amide bonds. The van der Waals surface area contributed by atoms with Crippen molar-refractivity contribution in [3.05, 3.63) is 52.3 Å². The number of nitrogens with two attached hydrogens (primary N) is 1. The van der Waals surface area contributed by atoms with Gasteiger partial charge >= 0.3 is 0 Å². The second-order valence-corrected chi connectivity index (χ2v) is 6.23. The van der Waals surface area contributed by atoms with Gasteiger partial charge in [-0.1, -0.05) is 11.3 Å². The van der Waals surface area contributed by atoms with Crippen molar-refractivity contribution in [1.82, 2.24) is 4.98 Å². The standard InChI is InChI=1S/C14H9BrFN3OS/c15-9-6-8(16)2-4-10(9)18-13(20)7-1-3-11-12(5-7)21-14(17)19-11/h1-6H,(H2,17,19)(H,18,20). The molecule has 0 atom stereocenters. The second-order valence-electron chi connectivity index (χ2n) is 4.31. The largest absolute Gasteiger partial charge is 0.375 e. The number of amides is 1. The Morgan fingerprint density at radius 2 is 2.10 bits per heavy atom. The minimum Gasteiger partial charge on any atom is -0.375 e. The number of hydrogen-bond acceptors (Lipinski definition) is 4.